The van der Waals surface area contributed by atoms with Crippen LogP contribution in [0.5, 0.6) is 5.75 Å². The third kappa shape index (κ3) is 4.36. The van der Waals surface area contributed by atoms with Gasteiger partial charge in [0.15, 0.2) is 0 Å². The summed E-state index contributed by atoms with van der Waals surface area (Å²) >= 11 is 0. The summed E-state index contributed by atoms with van der Waals surface area (Å²) in [7, 11) is 1.68. The molecule has 0 amide bonds. The maximum Gasteiger partial charge on any atom is 0.145 e. The number of aromatic nitrogens is 3. The average Bonchev–Trinajstić information content (AvgIpc) is 2.68. The van der Waals surface area contributed by atoms with Crippen molar-refractivity contribution in [2.24, 2.45) is 0 Å². The largest absolute Gasteiger partial charge is 0.496 e. The first-order chi connectivity index (χ1) is 12.7. The molecular formula is C21H24N4O. The van der Waals surface area contributed by atoms with Crippen LogP contribution in [-0.2, 0) is 6.42 Å². The highest BCUT2D eigenvalue weighted by molar-refractivity contribution is 5.68. The van der Waals surface area contributed by atoms with E-state index in [1.54, 1.807) is 19.5 Å². The summed E-state index contributed by atoms with van der Waals surface area (Å²) < 4.78 is 5.52. The lowest BCUT2D eigenvalue weighted by Crippen LogP contribution is -2.08. The number of hydrogen-bond acceptors (Lipinski definition) is 5. The first-order valence-electron chi connectivity index (χ1n) is 8.81. The average molecular weight is 348 g/mol. The van der Waals surface area contributed by atoms with E-state index in [0.29, 0.717) is 5.92 Å². The number of ether oxygens (including phenoxy) is 1. The molecule has 5 heteroatoms. The zero-order valence-electron chi connectivity index (χ0n) is 15.4. The van der Waals surface area contributed by atoms with Gasteiger partial charge in [0.2, 0.25) is 0 Å². The second-order valence-corrected chi connectivity index (χ2v) is 6.40. The van der Waals surface area contributed by atoms with Gasteiger partial charge >= 0.3 is 0 Å². The van der Waals surface area contributed by atoms with Crippen molar-refractivity contribution in [3.63, 3.8) is 0 Å². The number of hydrogen-bond donors (Lipinski definition) is 1. The standard InChI is InChI=1S/C21H24N4O/c1-15(2)16-7-8-20(26-3)18(12-16)19-13-22-14-21(25-19)24-11-9-17-6-4-5-10-23-17/h4-8,10,12-15H,9,11H2,1-3H3,(H,24,25). The van der Waals surface area contributed by atoms with Crippen LogP contribution in [0.3, 0.4) is 0 Å². The highest BCUT2D eigenvalue weighted by atomic mass is 16.5. The monoisotopic (exact) mass is 348 g/mol. The van der Waals surface area contributed by atoms with Gasteiger partial charge in [-0.05, 0) is 35.7 Å². The summed E-state index contributed by atoms with van der Waals surface area (Å²) in [5.41, 5.74) is 4.05. The normalized spacial score (nSPS) is 10.8. The number of pyridine rings is 1. The van der Waals surface area contributed by atoms with Crippen LogP contribution in [0.4, 0.5) is 5.82 Å². The van der Waals surface area contributed by atoms with Crippen molar-refractivity contribution in [1.82, 2.24) is 15.0 Å². The second-order valence-electron chi connectivity index (χ2n) is 6.40. The summed E-state index contributed by atoms with van der Waals surface area (Å²) in [5, 5.41) is 3.32. The molecule has 1 N–H and O–H groups in total. The molecule has 0 fully saturated rings. The Morgan fingerprint density at radius 1 is 1.12 bits per heavy atom. The fourth-order valence-corrected chi connectivity index (χ4v) is 2.73. The summed E-state index contributed by atoms with van der Waals surface area (Å²) in [6.07, 6.45) is 6.15. The molecule has 0 aliphatic carbocycles. The molecule has 0 spiro atoms. The number of rotatable bonds is 7. The van der Waals surface area contributed by atoms with Crippen molar-refractivity contribution < 1.29 is 4.74 Å². The molecule has 2 aromatic heterocycles. The van der Waals surface area contributed by atoms with Crippen molar-refractivity contribution in [1.29, 1.82) is 0 Å². The minimum atomic E-state index is 0.437. The summed E-state index contributed by atoms with van der Waals surface area (Å²) in [5.74, 6) is 1.98. The highest BCUT2D eigenvalue weighted by Crippen LogP contribution is 2.32. The van der Waals surface area contributed by atoms with Gasteiger partial charge in [0.25, 0.3) is 0 Å². The van der Waals surface area contributed by atoms with Crippen LogP contribution in [0.1, 0.15) is 31.0 Å². The Kier molecular flexibility index (Phi) is 5.79. The van der Waals surface area contributed by atoms with Crippen molar-refractivity contribution in [3.8, 4) is 17.0 Å². The maximum atomic E-state index is 5.52. The van der Waals surface area contributed by atoms with Crippen molar-refractivity contribution >= 4 is 5.82 Å². The van der Waals surface area contributed by atoms with Crippen LogP contribution in [-0.4, -0.2) is 28.6 Å². The predicted octanol–water partition coefficient (Wildman–Crippen LogP) is 4.33. The molecule has 2 heterocycles. The quantitative estimate of drug-likeness (QED) is 0.689. The molecule has 5 nitrogen and oxygen atoms in total. The SMILES string of the molecule is COc1ccc(C(C)C)cc1-c1cncc(NCCc2ccccn2)n1. The molecule has 26 heavy (non-hydrogen) atoms. The third-order valence-corrected chi connectivity index (χ3v) is 4.21. The lowest BCUT2D eigenvalue weighted by Gasteiger charge is -2.13. The van der Waals surface area contributed by atoms with E-state index >= 15 is 0 Å². The molecule has 3 aromatic rings. The van der Waals surface area contributed by atoms with Crippen molar-refractivity contribution in [3.05, 3.63) is 66.2 Å². The Morgan fingerprint density at radius 2 is 2.00 bits per heavy atom. The number of benzene rings is 1. The molecule has 0 bridgehead atoms. The number of methoxy groups -OCH3 is 1. The Labute approximate surface area is 154 Å². The van der Waals surface area contributed by atoms with E-state index in [-0.39, 0.29) is 0 Å². The fourth-order valence-electron chi connectivity index (χ4n) is 2.73. The fraction of sp³-hybridized carbons (Fsp3) is 0.286. The minimum absolute atomic E-state index is 0.437. The second kappa shape index (κ2) is 8.43. The van der Waals surface area contributed by atoms with E-state index in [4.69, 9.17) is 9.72 Å². The zero-order valence-corrected chi connectivity index (χ0v) is 15.4. The van der Waals surface area contributed by atoms with Crippen LogP contribution in [0.2, 0.25) is 0 Å². The maximum absolute atomic E-state index is 5.52. The highest BCUT2D eigenvalue weighted by Gasteiger charge is 2.11. The van der Waals surface area contributed by atoms with E-state index < -0.39 is 0 Å². The molecule has 0 saturated carbocycles. The first-order valence-corrected chi connectivity index (χ1v) is 8.81. The van der Waals surface area contributed by atoms with E-state index in [1.165, 1.54) is 5.56 Å². The van der Waals surface area contributed by atoms with Gasteiger partial charge in [-0.15, -0.1) is 0 Å². The molecule has 0 aliphatic heterocycles. The van der Waals surface area contributed by atoms with Gasteiger partial charge in [-0.1, -0.05) is 26.0 Å². The third-order valence-electron chi connectivity index (χ3n) is 4.21. The van der Waals surface area contributed by atoms with Crippen molar-refractivity contribution in [2.75, 3.05) is 19.0 Å². The summed E-state index contributed by atoms with van der Waals surface area (Å²) in [6, 6.07) is 12.2. The molecule has 0 aliphatic rings. The first kappa shape index (κ1) is 17.9. The Bertz CT molecular complexity index is 850. The lowest BCUT2D eigenvalue weighted by molar-refractivity contribution is 0.416. The van der Waals surface area contributed by atoms with Crippen LogP contribution in [0.25, 0.3) is 11.3 Å². The number of anilines is 1. The van der Waals surface area contributed by atoms with E-state index in [2.05, 4.69) is 41.3 Å². The van der Waals surface area contributed by atoms with Gasteiger partial charge in [0, 0.05) is 30.4 Å². The van der Waals surface area contributed by atoms with Crippen LogP contribution in [0.15, 0.2) is 55.0 Å². The molecule has 0 unspecified atom stereocenters. The van der Waals surface area contributed by atoms with E-state index in [1.807, 2.05) is 30.5 Å². The minimum Gasteiger partial charge on any atom is -0.496 e. The van der Waals surface area contributed by atoms with Gasteiger partial charge < -0.3 is 10.1 Å². The summed E-state index contributed by atoms with van der Waals surface area (Å²) in [4.78, 5) is 13.4. The molecule has 0 radical (unpaired) electrons. The number of nitrogens with zero attached hydrogens (tertiary/aromatic N) is 3. The van der Waals surface area contributed by atoms with Crippen LogP contribution < -0.4 is 10.1 Å². The summed E-state index contributed by atoms with van der Waals surface area (Å²) in [6.45, 7) is 5.10. The topological polar surface area (TPSA) is 59.9 Å². The molecule has 3 rings (SSSR count). The van der Waals surface area contributed by atoms with Gasteiger partial charge in [-0.25, -0.2) is 4.98 Å². The Morgan fingerprint density at radius 3 is 2.73 bits per heavy atom. The molecule has 134 valence electrons. The lowest BCUT2D eigenvalue weighted by atomic mass is 9.99. The smallest absolute Gasteiger partial charge is 0.145 e. The Balaban J connectivity index is 1.77. The Hall–Kier alpha value is -2.95. The van der Waals surface area contributed by atoms with Crippen LogP contribution >= 0.6 is 0 Å². The zero-order chi connectivity index (χ0) is 18.4. The molecule has 0 saturated heterocycles. The van der Waals surface area contributed by atoms with Gasteiger partial charge in [0.1, 0.15) is 11.6 Å². The van der Waals surface area contributed by atoms with Gasteiger partial charge in [-0.2, -0.15) is 0 Å². The van der Waals surface area contributed by atoms with Crippen molar-refractivity contribution in [2.45, 2.75) is 26.2 Å². The predicted molar refractivity (Wildman–Crippen MR) is 105 cm³/mol. The molecular weight excluding hydrogens is 324 g/mol. The molecule has 0 atom stereocenters. The van der Waals surface area contributed by atoms with Gasteiger partial charge in [-0.3, -0.25) is 9.97 Å². The van der Waals surface area contributed by atoms with E-state index in [9.17, 15) is 0 Å². The van der Waals surface area contributed by atoms with E-state index in [0.717, 1.165) is 41.5 Å². The number of nitrogens with one attached hydrogen (secondary N) is 1. The molecule has 1 aromatic carbocycles. The van der Waals surface area contributed by atoms with Gasteiger partial charge in [0.05, 0.1) is 25.2 Å². The van der Waals surface area contributed by atoms with Crippen LogP contribution in [0, 0.1) is 0 Å².